The first-order valence-electron chi connectivity index (χ1n) is 8.12. The molecule has 0 spiro atoms. The van der Waals surface area contributed by atoms with Gasteiger partial charge in [0.15, 0.2) is 0 Å². The Morgan fingerprint density at radius 1 is 1.21 bits per heavy atom. The third kappa shape index (κ3) is 3.91. The molecule has 1 aliphatic rings. The lowest BCUT2D eigenvalue weighted by molar-refractivity contribution is 0.0645. The van der Waals surface area contributed by atoms with E-state index in [-0.39, 0.29) is 5.91 Å². The van der Waals surface area contributed by atoms with Gasteiger partial charge in [-0.3, -0.25) is 14.4 Å². The molecule has 0 bridgehead atoms. The summed E-state index contributed by atoms with van der Waals surface area (Å²) in [6.07, 6.45) is 1.56. The number of anilines is 1. The minimum Gasteiger partial charge on any atom is -0.383 e. The van der Waals surface area contributed by atoms with Gasteiger partial charge in [-0.15, -0.1) is 11.8 Å². The van der Waals surface area contributed by atoms with Crippen molar-refractivity contribution in [2.45, 2.75) is 4.90 Å². The van der Waals surface area contributed by atoms with Crippen molar-refractivity contribution >= 4 is 23.5 Å². The van der Waals surface area contributed by atoms with Gasteiger partial charge in [0.2, 0.25) is 0 Å². The van der Waals surface area contributed by atoms with Crippen LogP contribution in [0.5, 0.6) is 0 Å². The molecule has 0 unspecified atom stereocenters. The minimum absolute atomic E-state index is 0.0149. The average Bonchev–Trinajstić information content (AvgIpc) is 2.95. The number of aryl methyl sites for hydroxylation is 1. The topological polar surface area (TPSA) is 67.4 Å². The highest BCUT2D eigenvalue weighted by Gasteiger charge is 2.24. The van der Waals surface area contributed by atoms with Crippen LogP contribution >= 0.6 is 11.8 Å². The highest BCUT2D eigenvalue weighted by Crippen LogP contribution is 2.18. The summed E-state index contributed by atoms with van der Waals surface area (Å²) in [4.78, 5) is 18.1. The van der Waals surface area contributed by atoms with Gasteiger partial charge in [0.25, 0.3) is 5.91 Å². The molecule has 3 rings (SSSR count). The summed E-state index contributed by atoms with van der Waals surface area (Å²) in [7, 11) is 1.74. The van der Waals surface area contributed by atoms with Gasteiger partial charge in [-0.25, -0.2) is 0 Å². The molecule has 1 aromatic carbocycles. The van der Waals surface area contributed by atoms with E-state index in [9.17, 15) is 4.79 Å². The molecule has 1 fully saturated rings. The van der Waals surface area contributed by atoms with Crippen LogP contribution in [0.3, 0.4) is 0 Å². The summed E-state index contributed by atoms with van der Waals surface area (Å²) >= 11 is 1.87. The summed E-state index contributed by atoms with van der Waals surface area (Å²) in [6.45, 7) is 4.32. The number of benzene rings is 1. The van der Waals surface area contributed by atoms with Gasteiger partial charge in [0.05, 0.1) is 6.20 Å². The minimum atomic E-state index is -0.0149. The number of hydrogen-bond donors (Lipinski definition) is 1. The molecule has 6 nitrogen and oxygen atoms in total. The zero-order valence-corrected chi connectivity index (χ0v) is 14.7. The first-order valence-corrected chi connectivity index (χ1v) is 9.10. The molecule has 1 aliphatic heterocycles. The highest BCUT2D eigenvalue weighted by molar-refractivity contribution is 7.99. The predicted octanol–water partition coefficient (Wildman–Crippen LogP) is 1.55. The molecule has 2 N–H and O–H groups in total. The Kier molecular flexibility index (Phi) is 5.42. The van der Waals surface area contributed by atoms with Gasteiger partial charge in [0, 0.05) is 50.4 Å². The molecule has 2 aromatic rings. The van der Waals surface area contributed by atoms with Crippen LogP contribution in [-0.2, 0) is 7.05 Å². The van der Waals surface area contributed by atoms with E-state index >= 15 is 0 Å². The molecular formula is C17H23N5OS. The molecular weight excluding hydrogens is 322 g/mol. The summed E-state index contributed by atoms with van der Waals surface area (Å²) < 4.78 is 1.53. The second kappa shape index (κ2) is 7.72. The number of nitrogens with two attached hydrogens (primary N) is 1. The van der Waals surface area contributed by atoms with E-state index in [4.69, 9.17) is 5.73 Å². The Balaban J connectivity index is 1.44. The van der Waals surface area contributed by atoms with Crippen LogP contribution < -0.4 is 5.73 Å². The van der Waals surface area contributed by atoms with Crippen LogP contribution in [0.4, 0.5) is 5.82 Å². The fraction of sp³-hybridized carbons (Fsp3) is 0.412. The van der Waals surface area contributed by atoms with E-state index in [1.165, 1.54) is 9.58 Å². The van der Waals surface area contributed by atoms with E-state index in [0.29, 0.717) is 11.4 Å². The van der Waals surface area contributed by atoms with Gasteiger partial charge in [-0.1, -0.05) is 18.2 Å². The molecule has 0 radical (unpaired) electrons. The first kappa shape index (κ1) is 16.9. The van der Waals surface area contributed by atoms with Gasteiger partial charge < -0.3 is 10.6 Å². The molecule has 24 heavy (non-hydrogen) atoms. The van der Waals surface area contributed by atoms with Crippen molar-refractivity contribution in [1.82, 2.24) is 19.6 Å². The number of carbonyl (C=O) groups excluding carboxylic acids is 1. The number of aromatic nitrogens is 2. The quantitative estimate of drug-likeness (QED) is 0.833. The Hall–Kier alpha value is -1.99. The van der Waals surface area contributed by atoms with Crippen molar-refractivity contribution in [2.24, 2.45) is 7.05 Å². The van der Waals surface area contributed by atoms with E-state index in [1.54, 1.807) is 13.2 Å². The number of rotatable bonds is 5. The third-order valence-corrected chi connectivity index (χ3v) is 5.29. The molecule has 0 saturated carbocycles. The largest absolute Gasteiger partial charge is 0.383 e. The van der Waals surface area contributed by atoms with Crippen LogP contribution in [0.25, 0.3) is 0 Å². The molecule has 128 valence electrons. The maximum atomic E-state index is 12.5. The van der Waals surface area contributed by atoms with Gasteiger partial charge in [-0.05, 0) is 12.1 Å². The lowest BCUT2D eigenvalue weighted by Crippen LogP contribution is -2.49. The molecule has 0 atom stereocenters. The van der Waals surface area contributed by atoms with Gasteiger partial charge >= 0.3 is 0 Å². The number of nitrogen functional groups attached to an aromatic ring is 1. The van der Waals surface area contributed by atoms with E-state index < -0.39 is 0 Å². The van der Waals surface area contributed by atoms with Crippen molar-refractivity contribution in [1.29, 1.82) is 0 Å². The maximum absolute atomic E-state index is 12.5. The van der Waals surface area contributed by atoms with Crippen molar-refractivity contribution in [3.63, 3.8) is 0 Å². The number of carbonyl (C=O) groups is 1. The van der Waals surface area contributed by atoms with Crippen LogP contribution in [0.15, 0.2) is 41.4 Å². The second-order valence-electron chi connectivity index (χ2n) is 5.86. The fourth-order valence-electron chi connectivity index (χ4n) is 2.77. The van der Waals surface area contributed by atoms with Crippen LogP contribution in [0, 0.1) is 0 Å². The first-order chi connectivity index (χ1) is 11.6. The number of nitrogens with zero attached hydrogens (tertiary/aromatic N) is 4. The Bertz CT molecular complexity index is 680. The lowest BCUT2D eigenvalue weighted by Gasteiger charge is -2.34. The molecule has 7 heteroatoms. The number of amides is 1. The Morgan fingerprint density at radius 2 is 1.92 bits per heavy atom. The average molecular weight is 345 g/mol. The third-order valence-electron chi connectivity index (χ3n) is 4.29. The summed E-state index contributed by atoms with van der Waals surface area (Å²) in [6, 6.07) is 10.4. The van der Waals surface area contributed by atoms with Crippen LogP contribution in [0.1, 0.15) is 10.4 Å². The van der Waals surface area contributed by atoms with E-state index in [0.717, 1.165) is 38.5 Å². The van der Waals surface area contributed by atoms with Gasteiger partial charge in [-0.2, -0.15) is 5.10 Å². The second-order valence-corrected chi connectivity index (χ2v) is 7.03. The number of piperazine rings is 1. The summed E-state index contributed by atoms with van der Waals surface area (Å²) in [5, 5.41) is 4.05. The number of thioether (sulfide) groups is 1. The van der Waals surface area contributed by atoms with Gasteiger partial charge in [0.1, 0.15) is 11.4 Å². The van der Waals surface area contributed by atoms with Crippen LogP contribution in [-0.4, -0.2) is 64.0 Å². The SMILES string of the molecule is Cn1ncc(C(=O)N2CCN(CCSc3ccccc3)CC2)c1N. The maximum Gasteiger partial charge on any atom is 0.259 e. The molecule has 0 aliphatic carbocycles. The standard InChI is InChI=1S/C17H23N5OS/c1-20-16(18)15(13-19-20)17(23)22-9-7-21(8-10-22)11-12-24-14-5-3-2-4-6-14/h2-6,13H,7-12,18H2,1H3. The monoisotopic (exact) mass is 345 g/mol. The fourth-order valence-corrected chi connectivity index (χ4v) is 3.70. The number of hydrogen-bond acceptors (Lipinski definition) is 5. The summed E-state index contributed by atoms with van der Waals surface area (Å²) in [5.74, 6) is 1.48. The van der Waals surface area contributed by atoms with Crippen molar-refractivity contribution in [3.8, 4) is 0 Å². The Morgan fingerprint density at radius 3 is 2.54 bits per heavy atom. The van der Waals surface area contributed by atoms with E-state index in [1.807, 2.05) is 22.7 Å². The van der Waals surface area contributed by atoms with E-state index in [2.05, 4.69) is 34.3 Å². The molecule has 1 amide bonds. The molecule has 1 saturated heterocycles. The van der Waals surface area contributed by atoms with Crippen LogP contribution in [0.2, 0.25) is 0 Å². The highest BCUT2D eigenvalue weighted by atomic mass is 32.2. The summed E-state index contributed by atoms with van der Waals surface area (Å²) in [5.41, 5.74) is 6.40. The Labute approximate surface area is 146 Å². The molecule has 2 heterocycles. The smallest absolute Gasteiger partial charge is 0.259 e. The lowest BCUT2D eigenvalue weighted by atomic mass is 10.2. The molecule has 1 aromatic heterocycles. The zero-order valence-electron chi connectivity index (χ0n) is 13.9. The predicted molar refractivity (Wildman–Crippen MR) is 97.1 cm³/mol. The normalized spacial score (nSPS) is 15.6. The van der Waals surface area contributed by atoms with Crippen molar-refractivity contribution < 1.29 is 4.79 Å². The zero-order chi connectivity index (χ0) is 16.9. The van der Waals surface area contributed by atoms with Crippen molar-refractivity contribution in [3.05, 3.63) is 42.1 Å². The van der Waals surface area contributed by atoms with Crippen molar-refractivity contribution in [2.75, 3.05) is 44.2 Å².